The number of aromatic nitrogens is 3. The number of fused-ring (bicyclic) bond motifs is 1. The van der Waals surface area contributed by atoms with Crippen molar-refractivity contribution < 1.29 is 0 Å². The molecule has 2 aromatic heterocycles. The van der Waals surface area contributed by atoms with Gasteiger partial charge in [0.1, 0.15) is 5.84 Å². The van der Waals surface area contributed by atoms with Crippen LogP contribution in [0.2, 0.25) is 5.02 Å². The largest absolute Gasteiger partial charge is 0.354 e. The number of hydrogen-bond acceptors (Lipinski definition) is 4. The fourth-order valence-corrected chi connectivity index (χ4v) is 4.46. The molecule has 1 fully saturated rings. The van der Waals surface area contributed by atoms with Crippen molar-refractivity contribution >= 4 is 28.3 Å². The highest BCUT2D eigenvalue weighted by Gasteiger charge is 2.23. The average molecular weight is 469 g/mol. The van der Waals surface area contributed by atoms with Crippen LogP contribution in [0.4, 0.5) is 0 Å². The Kier molecular flexibility index (Phi) is 6.85. The van der Waals surface area contributed by atoms with Gasteiger partial charge in [-0.15, -0.1) is 0 Å². The van der Waals surface area contributed by atoms with Gasteiger partial charge in [0.2, 0.25) is 0 Å². The fraction of sp³-hybridized carbons (Fsp3) is 0.375. The quantitative estimate of drug-likeness (QED) is 0.461. The van der Waals surface area contributed by atoms with Crippen molar-refractivity contribution in [3.63, 3.8) is 0 Å². The number of piperazine rings is 1. The van der Waals surface area contributed by atoms with Gasteiger partial charge >= 0.3 is 0 Å². The normalized spacial score (nSPS) is 15.8. The molecule has 0 bridgehead atoms. The lowest BCUT2D eigenvalue weighted by molar-refractivity contribution is 0.173. The third-order valence-electron chi connectivity index (χ3n) is 6.11. The summed E-state index contributed by atoms with van der Waals surface area (Å²) >= 11 is 6.33. The molecule has 1 N–H and O–H groups in total. The Balaban J connectivity index is 1.64. The molecule has 1 aliphatic heterocycles. The molecule has 4 rings (SSSR count). The first-order valence-electron chi connectivity index (χ1n) is 11.1. The van der Waals surface area contributed by atoms with Gasteiger partial charge in [-0.1, -0.05) is 36.7 Å². The van der Waals surface area contributed by atoms with E-state index >= 15 is 0 Å². The molecule has 3 heterocycles. The second-order valence-corrected chi connectivity index (χ2v) is 8.54. The van der Waals surface area contributed by atoms with Crippen molar-refractivity contribution in [2.75, 3.05) is 33.2 Å². The van der Waals surface area contributed by atoms with Crippen LogP contribution in [0.25, 0.3) is 16.6 Å². The third kappa shape index (κ3) is 4.54. The number of hydrogen-bond donors (Lipinski definition) is 1. The summed E-state index contributed by atoms with van der Waals surface area (Å²) < 4.78 is 2.99. The Morgan fingerprint density at radius 2 is 1.91 bits per heavy atom. The smallest absolute Gasteiger partial charge is 0.280 e. The van der Waals surface area contributed by atoms with E-state index in [9.17, 15) is 9.59 Å². The number of amidine groups is 1. The number of aliphatic imine (C=N–C) groups is 1. The highest BCUT2D eigenvalue weighted by molar-refractivity contribution is 6.32. The first-order chi connectivity index (χ1) is 15.9. The minimum atomic E-state index is -0.215. The highest BCUT2D eigenvalue weighted by Crippen LogP contribution is 2.21. The number of nitrogens with one attached hydrogen (secondary N) is 1. The van der Waals surface area contributed by atoms with Crippen molar-refractivity contribution in [2.45, 2.75) is 19.9 Å². The number of H-pyrrole nitrogens is 1. The summed E-state index contributed by atoms with van der Waals surface area (Å²) in [5.41, 5.74) is 1.40. The number of nitrogens with zero attached hydrogens (tertiary/aromatic N) is 5. The van der Waals surface area contributed by atoms with E-state index in [1.807, 2.05) is 19.2 Å². The number of pyridine rings is 1. The molecule has 0 aliphatic carbocycles. The van der Waals surface area contributed by atoms with Gasteiger partial charge in [-0.25, -0.2) is 4.68 Å². The van der Waals surface area contributed by atoms with Crippen LogP contribution < -0.4 is 11.1 Å². The minimum absolute atomic E-state index is 0.159. The summed E-state index contributed by atoms with van der Waals surface area (Å²) in [4.78, 5) is 35.0. The molecule has 33 heavy (non-hydrogen) atoms. The molecule has 0 spiro atoms. The molecule has 9 heteroatoms. The van der Waals surface area contributed by atoms with Crippen molar-refractivity contribution in [1.29, 1.82) is 0 Å². The Morgan fingerprint density at radius 1 is 1.18 bits per heavy atom. The number of para-hydroxylation sites is 1. The maximum absolute atomic E-state index is 13.4. The summed E-state index contributed by atoms with van der Waals surface area (Å²) in [5.74, 6) is 0.985. The predicted molar refractivity (Wildman–Crippen MR) is 134 cm³/mol. The van der Waals surface area contributed by atoms with Crippen molar-refractivity contribution in [1.82, 2.24) is 24.1 Å². The SMILES string of the molecule is CC/C=C\C(=NC)N1CCN(Cc2c3c(=O)n(-c4ccccc4Cl)[nH]c3cc(=O)n2C)CC1. The second-order valence-electron chi connectivity index (χ2n) is 8.14. The maximum atomic E-state index is 13.4. The van der Waals surface area contributed by atoms with E-state index in [-0.39, 0.29) is 11.1 Å². The molecule has 0 atom stereocenters. The molecular weight excluding hydrogens is 440 g/mol. The Labute approximate surface area is 197 Å². The summed E-state index contributed by atoms with van der Waals surface area (Å²) in [5, 5.41) is 4.05. The zero-order chi connectivity index (χ0) is 23.5. The van der Waals surface area contributed by atoms with E-state index < -0.39 is 0 Å². The van der Waals surface area contributed by atoms with Gasteiger partial charge in [0, 0.05) is 58.6 Å². The van der Waals surface area contributed by atoms with Crippen LogP contribution >= 0.6 is 11.6 Å². The summed E-state index contributed by atoms with van der Waals surface area (Å²) in [6, 6.07) is 8.61. The third-order valence-corrected chi connectivity index (χ3v) is 6.42. The summed E-state index contributed by atoms with van der Waals surface area (Å²) in [6.45, 7) is 5.91. The molecule has 8 nitrogen and oxygen atoms in total. The molecule has 0 saturated carbocycles. The monoisotopic (exact) mass is 468 g/mol. The predicted octanol–water partition coefficient (Wildman–Crippen LogP) is 2.78. The van der Waals surface area contributed by atoms with Gasteiger partial charge in [-0.05, 0) is 24.6 Å². The number of aromatic amines is 1. The van der Waals surface area contributed by atoms with Crippen LogP contribution in [0, 0.1) is 0 Å². The topological polar surface area (TPSA) is 78.6 Å². The van der Waals surface area contributed by atoms with Gasteiger partial charge < -0.3 is 9.47 Å². The van der Waals surface area contributed by atoms with E-state index in [4.69, 9.17) is 11.6 Å². The first kappa shape index (κ1) is 23.1. The molecule has 174 valence electrons. The zero-order valence-electron chi connectivity index (χ0n) is 19.2. The van der Waals surface area contributed by atoms with Crippen LogP contribution in [0.15, 0.2) is 57.1 Å². The average Bonchev–Trinajstić information content (AvgIpc) is 3.14. The number of halogens is 1. The Morgan fingerprint density at radius 3 is 2.58 bits per heavy atom. The van der Waals surface area contributed by atoms with Crippen molar-refractivity contribution in [3.8, 4) is 5.69 Å². The van der Waals surface area contributed by atoms with Crippen LogP contribution in [0.1, 0.15) is 19.0 Å². The minimum Gasteiger partial charge on any atom is -0.354 e. The van der Waals surface area contributed by atoms with Gasteiger partial charge in [-0.2, -0.15) is 0 Å². The Bertz CT molecular complexity index is 1320. The molecule has 1 saturated heterocycles. The molecule has 0 radical (unpaired) electrons. The van der Waals surface area contributed by atoms with E-state index in [2.05, 4.69) is 39.0 Å². The van der Waals surface area contributed by atoms with Gasteiger partial charge in [-0.3, -0.25) is 24.6 Å². The van der Waals surface area contributed by atoms with Crippen LogP contribution in [-0.2, 0) is 13.6 Å². The lowest BCUT2D eigenvalue weighted by atomic mass is 10.2. The number of allylic oxidation sites excluding steroid dienone is 1. The van der Waals surface area contributed by atoms with Crippen molar-refractivity contribution in [2.24, 2.45) is 12.0 Å². The molecule has 3 aromatic rings. The fourth-order valence-electron chi connectivity index (χ4n) is 4.24. The molecule has 0 amide bonds. The maximum Gasteiger partial charge on any atom is 0.280 e. The van der Waals surface area contributed by atoms with E-state index in [1.54, 1.807) is 23.7 Å². The van der Waals surface area contributed by atoms with Crippen LogP contribution in [0.5, 0.6) is 0 Å². The highest BCUT2D eigenvalue weighted by atomic mass is 35.5. The van der Waals surface area contributed by atoms with E-state index in [0.29, 0.717) is 33.9 Å². The van der Waals surface area contributed by atoms with Crippen LogP contribution in [-0.4, -0.2) is 63.2 Å². The standard InChI is InChI=1S/C24H29ClN6O2/c1-4-5-10-21(26-2)30-13-11-29(12-14-30)16-20-23-18(15-22(32)28(20)3)27-31(24(23)33)19-9-7-6-8-17(19)25/h5-10,15,27H,4,11-14,16H2,1-3H3/b10-5-,26-21?. The number of benzene rings is 1. The van der Waals surface area contributed by atoms with E-state index in [0.717, 1.165) is 38.4 Å². The molecule has 1 aliphatic rings. The summed E-state index contributed by atoms with van der Waals surface area (Å²) in [6.07, 6.45) is 5.15. The Hall–Kier alpha value is -3.10. The molecule has 0 unspecified atom stereocenters. The van der Waals surface area contributed by atoms with Gasteiger partial charge in [0.25, 0.3) is 11.1 Å². The van der Waals surface area contributed by atoms with Crippen LogP contribution in [0.3, 0.4) is 0 Å². The lowest BCUT2D eigenvalue weighted by Gasteiger charge is -2.36. The zero-order valence-corrected chi connectivity index (χ0v) is 20.0. The molecular formula is C24H29ClN6O2. The van der Waals surface area contributed by atoms with Crippen molar-refractivity contribution in [3.05, 3.63) is 73.9 Å². The summed E-state index contributed by atoms with van der Waals surface area (Å²) in [7, 11) is 3.53. The van der Waals surface area contributed by atoms with Gasteiger partial charge in [0.05, 0.1) is 21.6 Å². The second kappa shape index (κ2) is 9.80. The first-order valence-corrected chi connectivity index (χ1v) is 11.5. The lowest BCUT2D eigenvalue weighted by Crippen LogP contribution is -2.48. The van der Waals surface area contributed by atoms with E-state index in [1.165, 1.54) is 10.7 Å². The number of rotatable bonds is 5. The van der Waals surface area contributed by atoms with Gasteiger partial charge in [0.15, 0.2) is 0 Å². The molecule has 1 aromatic carbocycles.